The molecule has 1 fully saturated rings. The first-order valence-electron chi connectivity index (χ1n) is 7.39. The van der Waals surface area contributed by atoms with Crippen molar-refractivity contribution >= 4 is 34.5 Å². The van der Waals surface area contributed by atoms with E-state index >= 15 is 0 Å². The van der Waals surface area contributed by atoms with E-state index in [-0.39, 0.29) is 0 Å². The number of aromatic nitrogens is 3. The highest BCUT2D eigenvalue weighted by Gasteiger charge is 2.19. The second-order valence-corrected chi connectivity index (χ2v) is 7.05. The smallest absolute Gasteiger partial charge is 0.215 e. The number of aryl methyl sites for hydroxylation is 1. The normalized spacial score (nSPS) is 19.0. The summed E-state index contributed by atoms with van der Waals surface area (Å²) in [4.78, 5) is 9.28. The van der Waals surface area contributed by atoms with Crippen molar-refractivity contribution < 1.29 is 4.74 Å². The van der Waals surface area contributed by atoms with Gasteiger partial charge >= 0.3 is 0 Å². The van der Waals surface area contributed by atoms with Gasteiger partial charge in [-0.2, -0.15) is 16.7 Å². The van der Waals surface area contributed by atoms with Crippen molar-refractivity contribution in [2.45, 2.75) is 37.5 Å². The van der Waals surface area contributed by atoms with Crippen LogP contribution in [0.3, 0.4) is 0 Å². The Morgan fingerprint density at radius 3 is 3.00 bits per heavy atom. The molecule has 1 aliphatic rings. The molecule has 1 aliphatic heterocycles. The third-order valence-corrected chi connectivity index (χ3v) is 5.40. The molecule has 0 N–H and O–H groups in total. The van der Waals surface area contributed by atoms with Crippen LogP contribution in [0, 0.1) is 0 Å². The lowest BCUT2D eigenvalue weighted by Gasteiger charge is -2.22. The zero-order valence-electron chi connectivity index (χ0n) is 12.2. The number of methoxy groups -OCH3 is 1. The predicted octanol–water partition coefficient (Wildman–Crippen LogP) is 3.51. The van der Waals surface area contributed by atoms with Crippen molar-refractivity contribution in [2.24, 2.45) is 0 Å². The van der Waals surface area contributed by atoms with Crippen LogP contribution in [0.5, 0.6) is 5.88 Å². The van der Waals surface area contributed by atoms with Crippen molar-refractivity contribution in [3.63, 3.8) is 0 Å². The largest absolute Gasteiger partial charge is 0.481 e. The van der Waals surface area contributed by atoms with Gasteiger partial charge in [-0.05, 0) is 24.7 Å². The minimum absolute atomic E-state index is 0.582. The number of imidazole rings is 1. The quantitative estimate of drug-likeness (QED) is 0.789. The first-order valence-corrected chi connectivity index (χ1v) is 8.98. The highest BCUT2D eigenvalue weighted by molar-refractivity contribution is 7.99. The van der Waals surface area contributed by atoms with Gasteiger partial charge in [-0.25, -0.2) is 4.98 Å². The van der Waals surface area contributed by atoms with Crippen LogP contribution in [0.4, 0.5) is 0 Å². The van der Waals surface area contributed by atoms with Crippen molar-refractivity contribution in [3.8, 4) is 5.88 Å². The number of pyridine rings is 1. The average molecular weight is 326 g/mol. The van der Waals surface area contributed by atoms with E-state index in [1.807, 2.05) is 12.1 Å². The molecule has 0 bridgehead atoms. The van der Waals surface area contributed by atoms with Crippen LogP contribution in [-0.2, 0) is 13.0 Å². The third kappa shape index (κ3) is 3.29. The summed E-state index contributed by atoms with van der Waals surface area (Å²) in [6.07, 6.45) is 4.71. The number of hydrogen-bond donors (Lipinski definition) is 0. The van der Waals surface area contributed by atoms with Gasteiger partial charge in [-0.3, -0.25) is 0 Å². The molecule has 6 heteroatoms. The fourth-order valence-corrected chi connectivity index (χ4v) is 4.23. The van der Waals surface area contributed by atoms with E-state index in [0.29, 0.717) is 17.0 Å². The maximum absolute atomic E-state index is 5.93. The zero-order chi connectivity index (χ0) is 14.7. The number of nitrogens with zero attached hydrogens (tertiary/aromatic N) is 3. The number of hydrogen-bond acceptors (Lipinski definition) is 4. The third-order valence-electron chi connectivity index (χ3n) is 3.83. The van der Waals surface area contributed by atoms with Crippen LogP contribution in [0.15, 0.2) is 12.1 Å². The van der Waals surface area contributed by atoms with Gasteiger partial charge in [-0.1, -0.05) is 6.42 Å². The minimum atomic E-state index is 0.582. The highest BCUT2D eigenvalue weighted by Crippen LogP contribution is 2.28. The second-order valence-electron chi connectivity index (χ2n) is 5.26. The van der Waals surface area contributed by atoms with Crippen LogP contribution in [-0.4, -0.2) is 38.5 Å². The van der Waals surface area contributed by atoms with Gasteiger partial charge in [0.25, 0.3) is 0 Å². The lowest BCUT2D eigenvalue weighted by molar-refractivity contribution is 0.398. The van der Waals surface area contributed by atoms with Gasteiger partial charge < -0.3 is 9.30 Å². The summed E-state index contributed by atoms with van der Waals surface area (Å²) < 4.78 is 7.49. The molecule has 1 unspecified atom stereocenters. The van der Waals surface area contributed by atoms with Crippen LogP contribution in [0.2, 0.25) is 0 Å². The van der Waals surface area contributed by atoms with Crippen molar-refractivity contribution in [2.75, 3.05) is 18.7 Å². The lowest BCUT2D eigenvalue weighted by atomic mass is 10.2. The Bertz CT molecular complexity index is 610. The van der Waals surface area contributed by atoms with E-state index in [1.54, 1.807) is 7.11 Å². The van der Waals surface area contributed by atoms with E-state index in [9.17, 15) is 0 Å². The first kappa shape index (κ1) is 15.0. The van der Waals surface area contributed by atoms with Gasteiger partial charge in [0.1, 0.15) is 11.3 Å². The van der Waals surface area contributed by atoms with E-state index in [0.717, 1.165) is 30.0 Å². The van der Waals surface area contributed by atoms with Crippen molar-refractivity contribution in [3.05, 3.63) is 18.0 Å². The maximum atomic E-state index is 5.93. The number of halogens is 1. The molecule has 1 saturated heterocycles. The molecule has 0 spiro atoms. The lowest BCUT2D eigenvalue weighted by Crippen LogP contribution is -2.19. The van der Waals surface area contributed by atoms with Crippen LogP contribution >= 0.6 is 23.4 Å². The van der Waals surface area contributed by atoms with Gasteiger partial charge in [0.2, 0.25) is 5.88 Å². The fraction of sp³-hybridized carbons (Fsp3) is 0.600. The Labute approximate surface area is 134 Å². The Hall–Kier alpha value is -0.940. The summed E-state index contributed by atoms with van der Waals surface area (Å²) in [6.45, 7) is 0.966. The molecule has 2 aromatic rings. The summed E-state index contributed by atoms with van der Waals surface area (Å²) in [7, 11) is 1.64. The zero-order valence-corrected chi connectivity index (χ0v) is 13.8. The van der Waals surface area contributed by atoms with E-state index in [2.05, 4.69) is 21.3 Å². The molecule has 0 saturated carbocycles. The van der Waals surface area contributed by atoms with Crippen LogP contribution in [0.1, 0.15) is 25.1 Å². The molecule has 3 heterocycles. The summed E-state index contributed by atoms with van der Waals surface area (Å²) in [5.74, 6) is 3.52. The van der Waals surface area contributed by atoms with Crippen LogP contribution in [0.25, 0.3) is 11.2 Å². The number of fused-ring (bicyclic) bond motifs is 1. The fourth-order valence-electron chi connectivity index (χ4n) is 2.77. The number of ether oxygens (including phenoxy) is 1. The molecule has 0 radical (unpaired) electrons. The number of alkyl halides is 1. The minimum Gasteiger partial charge on any atom is -0.481 e. The first-order chi connectivity index (χ1) is 10.3. The SMILES string of the molecule is COc1ccc2nc(CCCl)n(CC3CCCCS3)c2n1. The summed E-state index contributed by atoms with van der Waals surface area (Å²) in [5, 5.41) is 0.651. The summed E-state index contributed by atoms with van der Waals surface area (Å²) >= 11 is 8.00. The molecule has 21 heavy (non-hydrogen) atoms. The Morgan fingerprint density at radius 2 is 2.29 bits per heavy atom. The molecule has 0 aliphatic carbocycles. The van der Waals surface area contributed by atoms with E-state index < -0.39 is 0 Å². The van der Waals surface area contributed by atoms with E-state index in [4.69, 9.17) is 21.3 Å². The van der Waals surface area contributed by atoms with Gasteiger partial charge in [0, 0.05) is 30.2 Å². The molecule has 0 amide bonds. The van der Waals surface area contributed by atoms with Crippen LogP contribution < -0.4 is 4.74 Å². The topological polar surface area (TPSA) is 39.9 Å². The maximum Gasteiger partial charge on any atom is 0.215 e. The molecular formula is C15H20ClN3OS. The molecule has 114 valence electrons. The van der Waals surface area contributed by atoms with Gasteiger partial charge in [0.15, 0.2) is 5.65 Å². The van der Waals surface area contributed by atoms with Crippen molar-refractivity contribution in [1.82, 2.24) is 14.5 Å². The summed E-state index contributed by atoms with van der Waals surface area (Å²) in [6, 6.07) is 3.84. The van der Waals surface area contributed by atoms with Gasteiger partial charge in [0.05, 0.1) is 7.11 Å². The van der Waals surface area contributed by atoms with Crippen molar-refractivity contribution in [1.29, 1.82) is 0 Å². The standard InChI is InChI=1S/C15H20ClN3OS/c1-20-14-6-5-12-15(18-14)19(13(17-12)7-8-16)10-11-4-2-3-9-21-11/h5-6,11H,2-4,7-10H2,1H3. The molecular weight excluding hydrogens is 306 g/mol. The monoisotopic (exact) mass is 325 g/mol. The number of rotatable bonds is 5. The molecule has 3 rings (SSSR count). The summed E-state index contributed by atoms with van der Waals surface area (Å²) in [5.41, 5.74) is 1.84. The Balaban J connectivity index is 1.96. The predicted molar refractivity (Wildman–Crippen MR) is 88.6 cm³/mol. The number of thioether (sulfide) groups is 1. The Kier molecular flexibility index (Phi) is 4.91. The van der Waals surface area contributed by atoms with E-state index in [1.165, 1.54) is 25.0 Å². The Morgan fingerprint density at radius 1 is 1.38 bits per heavy atom. The molecule has 4 nitrogen and oxygen atoms in total. The molecule has 1 atom stereocenters. The average Bonchev–Trinajstić information content (AvgIpc) is 2.86. The van der Waals surface area contributed by atoms with Gasteiger partial charge in [-0.15, -0.1) is 11.6 Å². The second kappa shape index (κ2) is 6.88. The highest BCUT2D eigenvalue weighted by atomic mass is 35.5. The molecule has 0 aromatic carbocycles. The molecule has 2 aromatic heterocycles.